The van der Waals surface area contributed by atoms with E-state index < -0.39 is 0 Å². The van der Waals surface area contributed by atoms with Crippen LogP contribution in [-0.4, -0.2) is 82.8 Å². The summed E-state index contributed by atoms with van der Waals surface area (Å²) in [4.78, 5) is 5.17. The first-order chi connectivity index (χ1) is 28.5. The third-order valence-electron chi connectivity index (χ3n) is 13.8. The Morgan fingerprint density at radius 2 is 1.55 bits per heavy atom. The minimum atomic E-state index is 0.522. The van der Waals surface area contributed by atoms with Crippen LogP contribution in [-0.2, 0) is 32.1 Å². The SMILES string of the molecule is CCCc1cc(C2=C(/C=C/C(=C/[CH2][Pb])c3cc4c5c(c3O)CCCN5CCC4)CCC/C2=C\C=C2/C=[C]([Pb])Oc3c2cc2c4c3CCCN4CCC2)cc(C2CC2)c1. The molecular weight excluding hydrogens is 1100 g/mol. The van der Waals surface area contributed by atoms with Crippen molar-refractivity contribution < 1.29 is 9.84 Å². The minimum absolute atomic E-state index is 0.522. The molecule has 3 aromatic carbocycles. The molecule has 6 heteroatoms. The molecule has 5 aliphatic heterocycles. The number of hydrogen-bond acceptors (Lipinski definition) is 4. The topological polar surface area (TPSA) is 35.9 Å². The summed E-state index contributed by atoms with van der Waals surface area (Å²) in [6, 6.07) is 12.4. The van der Waals surface area contributed by atoms with Crippen molar-refractivity contribution in [3.05, 3.63) is 131 Å². The van der Waals surface area contributed by atoms with Gasteiger partial charge in [-0.15, -0.1) is 0 Å². The van der Waals surface area contributed by atoms with Crippen LogP contribution in [0.15, 0.2) is 81.3 Å². The average Bonchev–Trinajstić information content (AvgIpc) is 4.10. The number of benzene rings is 3. The number of hydrogen-bond donors (Lipinski definition) is 1. The Hall–Kier alpha value is -2.86. The Balaban J connectivity index is 1.10. The van der Waals surface area contributed by atoms with Gasteiger partial charge in [-0.05, 0) is 0 Å². The predicted molar refractivity (Wildman–Crippen MR) is 244 cm³/mol. The van der Waals surface area contributed by atoms with Crippen LogP contribution in [0.4, 0.5) is 11.4 Å². The van der Waals surface area contributed by atoms with Crippen LogP contribution in [0.5, 0.6) is 11.5 Å². The molecule has 0 amide bonds. The molecule has 0 unspecified atom stereocenters. The predicted octanol–water partition coefficient (Wildman–Crippen LogP) is 11.2. The van der Waals surface area contributed by atoms with Crippen LogP contribution < -0.4 is 14.5 Å². The summed E-state index contributed by atoms with van der Waals surface area (Å²) in [7, 11) is 0. The van der Waals surface area contributed by atoms with E-state index in [0.29, 0.717) is 11.7 Å². The van der Waals surface area contributed by atoms with E-state index in [1.54, 1.807) is 0 Å². The summed E-state index contributed by atoms with van der Waals surface area (Å²) >= 11 is 1.98. The molecule has 1 fully saturated rings. The first-order valence-electron chi connectivity index (χ1n) is 22.5. The average molecular weight is 1160 g/mol. The Bertz CT molecular complexity index is 2350. The molecule has 0 atom stereocenters. The van der Waals surface area contributed by atoms with Crippen LogP contribution in [0.25, 0.3) is 16.7 Å². The summed E-state index contributed by atoms with van der Waals surface area (Å²) in [6.45, 7) is 6.90. The van der Waals surface area contributed by atoms with Gasteiger partial charge in [0.15, 0.2) is 0 Å². The van der Waals surface area contributed by atoms with E-state index in [1.807, 2.05) is 0 Å². The molecular formula is C52H56N2O2Pb2. The van der Waals surface area contributed by atoms with Gasteiger partial charge in [-0.1, -0.05) is 6.92 Å². The van der Waals surface area contributed by atoms with Gasteiger partial charge >= 0.3 is 374 Å². The van der Waals surface area contributed by atoms with E-state index >= 15 is 0 Å². The second kappa shape index (κ2) is 16.9. The zero-order valence-electron chi connectivity index (χ0n) is 34.3. The quantitative estimate of drug-likeness (QED) is 0.171. The van der Waals surface area contributed by atoms with Gasteiger partial charge < -0.3 is 0 Å². The van der Waals surface area contributed by atoms with Gasteiger partial charge in [0.05, 0.1) is 0 Å². The Morgan fingerprint density at radius 3 is 2.29 bits per heavy atom. The zero-order chi connectivity index (χ0) is 39.3. The summed E-state index contributed by atoms with van der Waals surface area (Å²) < 4.78 is 8.86. The summed E-state index contributed by atoms with van der Waals surface area (Å²) in [5, 5.41) is 11.9. The summed E-state index contributed by atoms with van der Waals surface area (Å²) in [5.41, 5.74) is 22.0. The molecule has 58 heavy (non-hydrogen) atoms. The molecule has 10 rings (SSSR count). The maximum absolute atomic E-state index is 11.9. The Kier molecular flexibility index (Phi) is 11.4. The molecule has 0 aromatic heterocycles. The third kappa shape index (κ3) is 7.57. The fourth-order valence-corrected chi connectivity index (χ4v) is 12.9. The van der Waals surface area contributed by atoms with Crippen molar-refractivity contribution in [3.8, 4) is 11.5 Å². The number of fused-ring (bicyclic) bond motifs is 2. The van der Waals surface area contributed by atoms with E-state index in [2.05, 4.69) is 83.5 Å². The molecule has 0 saturated heterocycles. The molecule has 3 aromatic rings. The standard InChI is InChI=1S/C52H56N2O2.2Pb/c1-3-10-34-29-42(36-18-19-36)31-43(30-34)48-38(21-17-35(4-2)46-32-40-13-6-24-53-26-8-15-44(49(40)53)51(46)55)11-5-12-39(48)22-20-37-23-28-56-52-45-16-9-27-54-25-7-14-41(50(45)54)33-47(37)52;;/h4,17,20-23,29-33,36,55H,2-3,5-16,18-19,24-27H2,1H3;;/b21-17+,35-4-,37-20+,39-22+;;. The van der Waals surface area contributed by atoms with Gasteiger partial charge in [-0.25, -0.2) is 0 Å². The van der Waals surface area contributed by atoms with Crippen molar-refractivity contribution in [2.45, 2.75) is 113 Å². The summed E-state index contributed by atoms with van der Waals surface area (Å²) in [5.74, 6) is 2.37. The Labute approximate surface area is 378 Å². The van der Waals surface area contributed by atoms with Crippen LogP contribution >= 0.6 is 0 Å². The molecule has 0 spiro atoms. The number of aromatic hydroxyl groups is 1. The molecule has 6 radical (unpaired) electrons. The van der Waals surface area contributed by atoms with Crippen LogP contribution in [0.2, 0.25) is 3.98 Å². The number of allylic oxidation sites excluding steroid dienone is 11. The third-order valence-corrected chi connectivity index (χ3v) is 15.5. The summed E-state index contributed by atoms with van der Waals surface area (Å²) in [6.07, 6.45) is 31.8. The van der Waals surface area contributed by atoms with E-state index in [4.69, 9.17) is 4.74 Å². The molecule has 2 aliphatic carbocycles. The van der Waals surface area contributed by atoms with Crippen molar-refractivity contribution in [3.63, 3.8) is 0 Å². The van der Waals surface area contributed by atoms with Gasteiger partial charge in [-0.3, -0.25) is 0 Å². The molecule has 4 nitrogen and oxygen atoms in total. The van der Waals surface area contributed by atoms with Gasteiger partial charge in [-0.2, -0.15) is 0 Å². The van der Waals surface area contributed by atoms with Crippen LogP contribution in [0.1, 0.15) is 127 Å². The zero-order valence-corrected chi connectivity index (χ0v) is 42.1. The fourth-order valence-electron chi connectivity index (χ4n) is 11.1. The van der Waals surface area contributed by atoms with E-state index in [9.17, 15) is 5.11 Å². The van der Waals surface area contributed by atoms with Gasteiger partial charge in [0.2, 0.25) is 0 Å². The number of aryl methyl sites for hydroxylation is 3. The number of nitrogens with zero attached hydrogens (tertiary/aromatic N) is 2. The number of phenols is 1. The van der Waals surface area contributed by atoms with E-state index in [1.165, 1.54) is 129 Å². The van der Waals surface area contributed by atoms with Gasteiger partial charge in [0.1, 0.15) is 0 Å². The number of rotatable bonds is 9. The fraction of sp³-hybridized carbons (Fsp3) is 0.423. The van der Waals surface area contributed by atoms with Crippen molar-refractivity contribution in [2.75, 3.05) is 36.0 Å². The molecule has 7 aliphatic rings. The van der Waals surface area contributed by atoms with Gasteiger partial charge in [0.25, 0.3) is 0 Å². The Morgan fingerprint density at radius 1 is 0.828 bits per heavy atom. The molecule has 5 heterocycles. The van der Waals surface area contributed by atoms with Crippen LogP contribution in [0, 0.1) is 0 Å². The number of ether oxygens (including phenoxy) is 1. The van der Waals surface area contributed by atoms with Gasteiger partial charge in [0, 0.05) is 0 Å². The van der Waals surface area contributed by atoms with Crippen molar-refractivity contribution >= 4 is 79.6 Å². The first-order valence-corrected chi connectivity index (χ1v) is 27.2. The second-order valence-electron chi connectivity index (χ2n) is 17.7. The normalized spacial score (nSPS) is 21.6. The van der Waals surface area contributed by atoms with Crippen LogP contribution in [0.3, 0.4) is 0 Å². The maximum atomic E-state index is 11.9. The monoisotopic (exact) mass is 1160 g/mol. The second-order valence-corrected chi connectivity index (χ2v) is 21.3. The van der Waals surface area contributed by atoms with Crippen molar-refractivity contribution in [1.82, 2.24) is 0 Å². The number of phenolic OH excluding ortho intramolecular Hbond substituents is 1. The van der Waals surface area contributed by atoms with E-state index in [0.717, 1.165) is 147 Å². The van der Waals surface area contributed by atoms with Crippen molar-refractivity contribution in [1.29, 1.82) is 0 Å². The molecule has 294 valence electrons. The molecule has 1 N–H and O–H groups in total. The van der Waals surface area contributed by atoms with E-state index in [-0.39, 0.29) is 0 Å². The van der Waals surface area contributed by atoms with Crippen molar-refractivity contribution in [2.24, 2.45) is 0 Å². The molecule has 1 saturated carbocycles. The first kappa shape index (κ1) is 39.3. The number of anilines is 2. The molecule has 0 bridgehead atoms.